The summed E-state index contributed by atoms with van der Waals surface area (Å²) < 4.78 is 2.77. The second-order valence-electron chi connectivity index (χ2n) is 3.81. The Kier molecular flexibility index (Phi) is 3.10. The molecule has 0 bridgehead atoms. The van der Waals surface area contributed by atoms with Crippen LogP contribution in [-0.2, 0) is 13.3 Å². The summed E-state index contributed by atoms with van der Waals surface area (Å²) in [5, 5.41) is 9.10. The average molecular weight is 237 g/mol. The van der Waals surface area contributed by atoms with Crippen LogP contribution in [0.25, 0.3) is 11.2 Å². The van der Waals surface area contributed by atoms with Gasteiger partial charge in [-0.3, -0.25) is 9.36 Å². The van der Waals surface area contributed by atoms with Crippen molar-refractivity contribution in [2.75, 3.05) is 5.73 Å². The zero-order valence-electron chi connectivity index (χ0n) is 9.63. The van der Waals surface area contributed by atoms with Gasteiger partial charge in [-0.2, -0.15) is 4.98 Å². The Morgan fingerprint density at radius 2 is 2.29 bits per heavy atom. The molecule has 7 heteroatoms. The SMILES string of the molecule is CCCCn1c(N)nc2ncn(CO)c2c1=O. The lowest BCUT2D eigenvalue weighted by Crippen LogP contribution is -2.26. The molecule has 2 aromatic heterocycles. The molecule has 0 unspecified atom stereocenters. The van der Waals surface area contributed by atoms with Crippen molar-refractivity contribution in [2.24, 2.45) is 0 Å². The summed E-state index contributed by atoms with van der Waals surface area (Å²) >= 11 is 0. The highest BCUT2D eigenvalue weighted by Crippen LogP contribution is 2.08. The minimum Gasteiger partial charge on any atom is -0.376 e. The van der Waals surface area contributed by atoms with Crippen LogP contribution in [0.4, 0.5) is 5.95 Å². The molecule has 7 nitrogen and oxygen atoms in total. The molecule has 0 aliphatic rings. The third-order valence-corrected chi connectivity index (χ3v) is 2.65. The van der Waals surface area contributed by atoms with Gasteiger partial charge in [0, 0.05) is 6.54 Å². The molecule has 3 N–H and O–H groups in total. The predicted octanol–water partition coefficient (Wildman–Crippen LogP) is -0.0749. The lowest BCUT2D eigenvalue weighted by Gasteiger charge is -2.08. The van der Waals surface area contributed by atoms with Gasteiger partial charge in [0.2, 0.25) is 5.95 Å². The molecule has 2 heterocycles. The van der Waals surface area contributed by atoms with Crippen molar-refractivity contribution in [3.05, 3.63) is 16.7 Å². The normalized spacial score (nSPS) is 11.2. The first-order valence-electron chi connectivity index (χ1n) is 5.51. The first kappa shape index (κ1) is 11.6. The molecule has 0 radical (unpaired) electrons. The van der Waals surface area contributed by atoms with E-state index >= 15 is 0 Å². The molecule has 0 atom stereocenters. The van der Waals surface area contributed by atoms with Crippen molar-refractivity contribution in [2.45, 2.75) is 33.0 Å². The van der Waals surface area contributed by atoms with Gasteiger partial charge in [-0.05, 0) is 6.42 Å². The summed E-state index contributed by atoms with van der Waals surface area (Å²) in [6.07, 6.45) is 3.19. The van der Waals surface area contributed by atoms with Crippen LogP contribution >= 0.6 is 0 Å². The molecular formula is C10H15N5O2. The summed E-state index contributed by atoms with van der Waals surface area (Å²) in [6, 6.07) is 0. The van der Waals surface area contributed by atoms with Gasteiger partial charge < -0.3 is 15.4 Å². The van der Waals surface area contributed by atoms with E-state index < -0.39 is 0 Å². The number of aromatic nitrogens is 4. The van der Waals surface area contributed by atoms with Crippen LogP contribution in [0, 0.1) is 0 Å². The van der Waals surface area contributed by atoms with Crippen molar-refractivity contribution >= 4 is 17.1 Å². The first-order chi connectivity index (χ1) is 8.19. The smallest absolute Gasteiger partial charge is 0.281 e. The molecule has 0 amide bonds. The summed E-state index contributed by atoms with van der Waals surface area (Å²) in [6.45, 7) is 2.26. The minimum absolute atomic E-state index is 0.166. The van der Waals surface area contributed by atoms with Gasteiger partial charge >= 0.3 is 0 Å². The van der Waals surface area contributed by atoms with E-state index in [1.165, 1.54) is 15.5 Å². The van der Waals surface area contributed by atoms with Crippen LogP contribution in [0.3, 0.4) is 0 Å². The number of hydrogen-bond donors (Lipinski definition) is 2. The van der Waals surface area contributed by atoms with E-state index in [4.69, 9.17) is 10.8 Å². The molecule has 0 fully saturated rings. The van der Waals surface area contributed by atoms with Crippen LogP contribution in [0.5, 0.6) is 0 Å². The number of imidazole rings is 1. The Morgan fingerprint density at radius 3 is 2.94 bits per heavy atom. The maximum Gasteiger partial charge on any atom is 0.281 e. The van der Waals surface area contributed by atoms with Crippen LogP contribution in [0.2, 0.25) is 0 Å². The molecule has 0 aromatic carbocycles. The molecule has 0 spiro atoms. The number of aliphatic hydroxyl groups excluding tert-OH is 1. The van der Waals surface area contributed by atoms with E-state index in [-0.39, 0.29) is 29.4 Å². The standard InChI is InChI=1S/C10H15N5O2/c1-2-3-4-15-9(17)7-8(13-10(15)11)12-5-14(7)6-16/h5,16H,2-4,6H2,1H3,(H2,11,13). The third-order valence-electron chi connectivity index (χ3n) is 2.65. The lowest BCUT2D eigenvalue weighted by atomic mass is 10.3. The van der Waals surface area contributed by atoms with Gasteiger partial charge in [0.25, 0.3) is 5.56 Å². The third kappa shape index (κ3) is 1.89. The van der Waals surface area contributed by atoms with Gasteiger partial charge in [0.05, 0.1) is 6.33 Å². The Balaban J connectivity index is 2.63. The zero-order valence-corrected chi connectivity index (χ0v) is 9.63. The van der Waals surface area contributed by atoms with Crippen molar-refractivity contribution in [1.82, 2.24) is 19.1 Å². The average Bonchev–Trinajstić information content (AvgIpc) is 2.71. The number of rotatable bonds is 4. The quantitative estimate of drug-likeness (QED) is 0.775. The second-order valence-corrected chi connectivity index (χ2v) is 3.81. The van der Waals surface area contributed by atoms with Crippen LogP contribution in [-0.4, -0.2) is 24.2 Å². The summed E-state index contributed by atoms with van der Waals surface area (Å²) in [7, 11) is 0. The van der Waals surface area contributed by atoms with Crippen molar-refractivity contribution in [3.8, 4) is 0 Å². The van der Waals surface area contributed by atoms with Gasteiger partial charge in [-0.15, -0.1) is 0 Å². The molecule has 0 saturated heterocycles. The maximum absolute atomic E-state index is 12.2. The maximum atomic E-state index is 12.2. The number of nitrogen functional groups attached to an aromatic ring is 1. The highest BCUT2D eigenvalue weighted by Gasteiger charge is 2.13. The summed E-state index contributed by atoms with van der Waals surface area (Å²) in [5.74, 6) is 0.166. The molecule has 17 heavy (non-hydrogen) atoms. The highest BCUT2D eigenvalue weighted by molar-refractivity contribution is 5.70. The number of aliphatic hydroxyl groups is 1. The zero-order chi connectivity index (χ0) is 12.4. The fraction of sp³-hybridized carbons (Fsp3) is 0.500. The number of nitrogens with two attached hydrogens (primary N) is 1. The number of hydrogen-bond acceptors (Lipinski definition) is 5. The van der Waals surface area contributed by atoms with E-state index in [1.807, 2.05) is 6.92 Å². The topological polar surface area (TPSA) is 99.0 Å². The summed E-state index contributed by atoms with van der Waals surface area (Å²) in [5.41, 5.74) is 6.02. The van der Waals surface area contributed by atoms with Gasteiger partial charge in [-0.1, -0.05) is 13.3 Å². The second kappa shape index (κ2) is 4.54. The molecule has 0 saturated carbocycles. The molecular weight excluding hydrogens is 222 g/mol. The van der Waals surface area contributed by atoms with E-state index in [9.17, 15) is 4.79 Å². The number of fused-ring (bicyclic) bond motifs is 1. The Morgan fingerprint density at radius 1 is 1.53 bits per heavy atom. The van der Waals surface area contributed by atoms with Crippen LogP contribution in [0.1, 0.15) is 19.8 Å². The first-order valence-corrected chi connectivity index (χ1v) is 5.51. The Hall–Kier alpha value is -1.89. The Bertz CT molecular complexity index is 586. The highest BCUT2D eigenvalue weighted by atomic mass is 16.3. The van der Waals surface area contributed by atoms with E-state index in [2.05, 4.69) is 9.97 Å². The fourth-order valence-electron chi connectivity index (χ4n) is 1.71. The van der Waals surface area contributed by atoms with Gasteiger partial charge in [0.15, 0.2) is 11.2 Å². The molecule has 0 aliphatic carbocycles. The largest absolute Gasteiger partial charge is 0.376 e. The Labute approximate surface area is 97.5 Å². The van der Waals surface area contributed by atoms with Crippen molar-refractivity contribution < 1.29 is 5.11 Å². The van der Waals surface area contributed by atoms with Gasteiger partial charge in [-0.25, -0.2) is 4.98 Å². The molecule has 0 aliphatic heterocycles. The lowest BCUT2D eigenvalue weighted by molar-refractivity contribution is 0.214. The van der Waals surface area contributed by atoms with E-state index in [0.29, 0.717) is 6.54 Å². The van der Waals surface area contributed by atoms with Crippen LogP contribution in [0.15, 0.2) is 11.1 Å². The molecule has 2 rings (SSSR count). The van der Waals surface area contributed by atoms with Gasteiger partial charge in [0.1, 0.15) is 6.73 Å². The fourth-order valence-corrected chi connectivity index (χ4v) is 1.71. The van der Waals surface area contributed by atoms with Crippen molar-refractivity contribution in [3.63, 3.8) is 0 Å². The number of unbranched alkanes of at least 4 members (excludes halogenated alkanes) is 1. The molecule has 92 valence electrons. The van der Waals surface area contributed by atoms with Crippen molar-refractivity contribution in [1.29, 1.82) is 0 Å². The minimum atomic E-state index is -0.300. The van der Waals surface area contributed by atoms with E-state index in [1.54, 1.807) is 0 Å². The van der Waals surface area contributed by atoms with E-state index in [0.717, 1.165) is 12.8 Å². The predicted molar refractivity (Wildman–Crippen MR) is 63.3 cm³/mol. The monoisotopic (exact) mass is 237 g/mol. The van der Waals surface area contributed by atoms with Crippen LogP contribution < -0.4 is 11.3 Å². The number of anilines is 1. The molecule has 2 aromatic rings. The summed E-state index contributed by atoms with van der Waals surface area (Å²) in [4.78, 5) is 20.2. The number of nitrogens with zero attached hydrogens (tertiary/aromatic N) is 4.